The Hall–Kier alpha value is -2.25. The van der Waals surface area contributed by atoms with Gasteiger partial charge in [0.05, 0.1) is 12.7 Å². The van der Waals surface area contributed by atoms with Gasteiger partial charge in [-0.2, -0.15) is 13.2 Å². The van der Waals surface area contributed by atoms with Gasteiger partial charge in [-0.15, -0.1) is 0 Å². The van der Waals surface area contributed by atoms with Gasteiger partial charge in [0.25, 0.3) is 0 Å². The van der Waals surface area contributed by atoms with E-state index in [2.05, 4.69) is 10.1 Å². The molecule has 0 fully saturated rings. The van der Waals surface area contributed by atoms with Crippen LogP contribution >= 0.6 is 0 Å². The first kappa shape index (κ1) is 20.8. The quantitative estimate of drug-likeness (QED) is 0.827. The van der Waals surface area contributed by atoms with E-state index in [1.807, 2.05) is 0 Å². The number of amides is 1. The molecule has 1 N–H and O–H groups in total. The Morgan fingerprint density at radius 3 is 2.00 bits per heavy atom. The minimum atomic E-state index is -4.45. The van der Waals surface area contributed by atoms with Crippen LogP contribution in [0.25, 0.3) is 0 Å². The van der Waals surface area contributed by atoms with Gasteiger partial charge in [-0.05, 0) is 38.5 Å². The summed E-state index contributed by atoms with van der Waals surface area (Å²) in [4.78, 5) is 23.9. The first-order chi connectivity index (χ1) is 11.3. The molecular weight excluding hydrogens is 339 g/mol. The highest BCUT2D eigenvalue weighted by Gasteiger charge is 2.33. The number of halogens is 3. The Labute approximate surface area is 144 Å². The Morgan fingerprint density at radius 1 is 1.08 bits per heavy atom. The molecule has 2 atom stereocenters. The van der Waals surface area contributed by atoms with E-state index < -0.39 is 41.4 Å². The molecule has 0 aliphatic heterocycles. The number of methoxy groups -OCH3 is 1. The van der Waals surface area contributed by atoms with Gasteiger partial charge in [-0.3, -0.25) is 0 Å². The normalized spacial score (nSPS) is 14.4. The van der Waals surface area contributed by atoms with Crippen LogP contribution < -0.4 is 5.32 Å². The lowest BCUT2D eigenvalue weighted by molar-refractivity contribution is -0.143. The van der Waals surface area contributed by atoms with E-state index in [9.17, 15) is 22.8 Å². The molecule has 25 heavy (non-hydrogen) atoms. The fraction of sp³-hybridized carbons (Fsp3) is 0.529. The zero-order chi connectivity index (χ0) is 19.4. The third-order valence-corrected chi connectivity index (χ3v) is 3.39. The Morgan fingerprint density at radius 2 is 1.60 bits per heavy atom. The maximum Gasteiger partial charge on any atom is 0.416 e. The zero-order valence-corrected chi connectivity index (χ0v) is 14.7. The van der Waals surface area contributed by atoms with Crippen molar-refractivity contribution >= 4 is 12.1 Å². The summed E-state index contributed by atoms with van der Waals surface area (Å²) in [6, 6.07) is 3.28. The van der Waals surface area contributed by atoms with Crippen LogP contribution in [0.5, 0.6) is 0 Å². The number of benzene rings is 1. The van der Waals surface area contributed by atoms with Gasteiger partial charge in [0.1, 0.15) is 11.6 Å². The van der Waals surface area contributed by atoms with Crippen LogP contribution in [-0.2, 0) is 20.4 Å². The van der Waals surface area contributed by atoms with Crippen LogP contribution in [0.3, 0.4) is 0 Å². The lowest BCUT2D eigenvalue weighted by Gasteiger charge is -2.26. The van der Waals surface area contributed by atoms with Gasteiger partial charge in [0.15, 0.2) is 0 Å². The number of esters is 1. The van der Waals surface area contributed by atoms with E-state index in [0.717, 1.165) is 19.2 Å². The highest BCUT2D eigenvalue weighted by atomic mass is 19.4. The molecule has 0 bridgehead atoms. The summed E-state index contributed by atoms with van der Waals surface area (Å²) in [5.41, 5.74) is -1.11. The summed E-state index contributed by atoms with van der Waals surface area (Å²) in [7, 11) is 1.16. The second-order valence-electron chi connectivity index (χ2n) is 6.56. The van der Waals surface area contributed by atoms with E-state index in [1.165, 1.54) is 12.1 Å². The van der Waals surface area contributed by atoms with Crippen molar-refractivity contribution in [1.29, 1.82) is 0 Å². The third-order valence-electron chi connectivity index (χ3n) is 3.39. The molecule has 5 nitrogen and oxygen atoms in total. The average Bonchev–Trinajstić information content (AvgIpc) is 2.48. The molecule has 0 aliphatic rings. The van der Waals surface area contributed by atoms with Gasteiger partial charge < -0.3 is 14.8 Å². The number of ether oxygens (including phenoxy) is 2. The average molecular weight is 361 g/mol. The molecule has 0 aliphatic carbocycles. The van der Waals surface area contributed by atoms with Crippen LogP contribution in [0.1, 0.15) is 44.7 Å². The highest BCUT2D eigenvalue weighted by Crippen LogP contribution is 2.30. The van der Waals surface area contributed by atoms with Crippen LogP contribution in [0, 0.1) is 0 Å². The summed E-state index contributed by atoms with van der Waals surface area (Å²) in [6.07, 6.45) is -5.26. The maximum absolute atomic E-state index is 12.6. The van der Waals surface area contributed by atoms with Crippen molar-refractivity contribution in [1.82, 2.24) is 5.32 Å². The number of carbonyl (C=O) groups is 2. The van der Waals surface area contributed by atoms with E-state index >= 15 is 0 Å². The molecule has 0 spiro atoms. The lowest BCUT2D eigenvalue weighted by Crippen LogP contribution is -2.46. The van der Waals surface area contributed by atoms with E-state index in [-0.39, 0.29) is 0 Å². The van der Waals surface area contributed by atoms with Crippen LogP contribution in [-0.4, -0.2) is 30.8 Å². The minimum absolute atomic E-state index is 0.444. The predicted molar refractivity (Wildman–Crippen MR) is 85.0 cm³/mol. The molecule has 1 rings (SSSR count). The van der Waals surface area contributed by atoms with Crippen molar-refractivity contribution < 1.29 is 32.2 Å². The monoisotopic (exact) mass is 361 g/mol. The number of alkyl carbamates (subject to hydrolysis) is 1. The number of carbonyl (C=O) groups excluding carboxylic acids is 2. The summed E-state index contributed by atoms with van der Waals surface area (Å²) >= 11 is 0. The SMILES string of the molecule is COC(=O)C(NC(=O)OC(C)(C)C)C(C)c1ccc(C(F)(F)F)cc1. The summed E-state index contributed by atoms with van der Waals surface area (Å²) in [5.74, 6) is -1.35. The first-order valence-electron chi connectivity index (χ1n) is 7.59. The van der Waals surface area contributed by atoms with E-state index in [4.69, 9.17) is 4.74 Å². The van der Waals surface area contributed by atoms with Gasteiger partial charge in [-0.1, -0.05) is 19.1 Å². The first-order valence-corrected chi connectivity index (χ1v) is 7.59. The smallest absolute Gasteiger partial charge is 0.416 e. The summed E-state index contributed by atoms with van der Waals surface area (Å²) in [6.45, 7) is 6.60. The van der Waals surface area contributed by atoms with Crippen molar-refractivity contribution in [2.45, 2.75) is 51.4 Å². The van der Waals surface area contributed by atoms with Crippen LogP contribution in [0.4, 0.5) is 18.0 Å². The number of hydrogen-bond donors (Lipinski definition) is 1. The number of alkyl halides is 3. The van der Waals surface area contributed by atoms with Gasteiger partial charge in [0, 0.05) is 5.92 Å². The largest absolute Gasteiger partial charge is 0.467 e. The molecule has 2 unspecified atom stereocenters. The Bertz CT molecular complexity index is 606. The van der Waals surface area contributed by atoms with Gasteiger partial charge >= 0.3 is 18.2 Å². The molecule has 0 radical (unpaired) electrons. The number of hydrogen-bond acceptors (Lipinski definition) is 4. The van der Waals surface area contributed by atoms with Crippen LogP contribution in [0.2, 0.25) is 0 Å². The second kappa shape index (κ2) is 7.76. The molecule has 8 heteroatoms. The zero-order valence-electron chi connectivity index (χ0n) is 14.7. The minimum Gasteiger partial charge on any atom is -0.467 e. The Balaban J connectivity index is 2.99. The van der Waals surface area contributed by atoms with Crippen molar-refractivity contribution in [2.75, 3.05) is 7.11 Å². The topological polar surface area (TPSA) is 64.6 Å². The molecule has 0 saturated carbocycles. The standard InChI is InChI=1S/C17H22F3NO4/c1-10(11-6-8-12(9-7-11)17(18,19)20)13(14(22)24-5)21-15(23)25-16(2,3)4/h6-10,13H,1-5H3,(H,21,23). The molecule has 0 saturated heterocycles. The summed E-state index contributed by atoms with van der Waals surface area (Å²) in [5, 5.41) is 2.41. The highest BCUT2D eigenvalue weighted by molar-refractivity contribution is 5.82. The van der Waals surface area contributed by atoms with E-state index in [1.54, 1.807) is 27.7 Å². The molecule has 1 aromatic carbocycles. The van der Waals surface area contributed by atoms with Crippen molar-refractivity contribution in [3.05, 3.63) is 35.4 Å². The van der Waals surface area contributed by atoms with E-state index in [0.29, 0.717) is 5.56 Å². The summed E-state index contributed by atoms with van der Waals surface area (Å²) < 4.78 is 47.7. The molecule has 1 amide bonds. The number of rotatable bonds is 4. The predicted octanol–water partition coefficient (Wildman–Crippen LogP) is 3.88. The molecular formula is C17H22F3NO4. The second-order valence-corrected chi connectivity index (χ2v) is 6.56. The fourth-order valence-electron chi connectivity index (χ4n) is 2.12. The molecule has 0 heterocycles. The number of nitrogens with one attached hydrogen (secondary N) is 1. The lowest BCUT2D eigenvalue weighted by atomic mass is 9.92. The maximum atomic E-state index is 12.6. The fourth-order valence-corrected chi connectivity index (χ4v) is 2.12. The van der Waals surface area contributed by atoms with Crippen molar-refractivity contribution in [3.63, 3.8) is 0 Å². The third kappa shape index (κ3) is 6.28. The Kier molecular flexibility index (Phi) is 6.45. The van der Waals surface area contributed by atoms with Crippen molar-refractivity contribution in [3.8, 4) is 0 Å². The van der Waals surface area contributed by atoms with Crippen LogP contribution in [0.15, 0.2) is 24.3 Å². The molecule has 140 valence electrons. The molecule has 1 aromatic rings. The van der Waals surface area contributed by atoms with Gasteiger partial charge in [0.2, 0.25) is 0 Å². The molecule has 0 aromatic heterocycles. The van der Waals surface area contributed by atoms with Crippen molar-refractivity contribution in [2.24, 2.45) is 0 Å². The van der Waals surface area contributed by atoms with Gasteiger partial charge in [-0.25, -0.2) is 9.59 Å².